The summed E-state index contributed by atoms with van der Waals surface area (Å²) in [6, 6.07) is 6.09. The lowest BCUT2D eigenvalue weighted by atomic mass is 10.00. The Bertz CT molecular complexity index is 668. The number of benzene rings is 1. The molecule has 4 nitrogen and oxygen atoms in total. The van der Waals surface area contributed by atoms with Crippen molar-refractivity contribution in [1.82, 2.24) is 5.32 Å². The zero-order valence-electron chi connectivity index (χ0n) is 14.1. The van der Waals surface area contributed by atoms with E-state index in [0.29, 0.717) is 17.5 Å². The number of aliphatic imine (C=N–C) groups is 1. The SMILES string of the molecule is COc1ccc(C(C)C)cc1/C=C1\N=C(C2CCCC2)NC1=O. The van der Waals surface area contributed by atoms with Gasteiger partial charge in [-0.1, -0.05) is 32.8 Å². The maximum absolute atomic E-state index is 12.2. The first-order chi connectivity index (χ1) is 11.1. The van der Waals surface area contributed by atoms with Crippen LogP contribution >= 0.6 is 0 Å². The van der Waals surface area contributed by atoms with Crippen LogP contribution in [0, 0.1) is 5.92 Å². The lowest BCUT2D eigenvalue weighted by Gasteiger charge is -2.10. The van der Waals surface area contributed by atoms with Crippen LogP contribution in [0.5, 0.6) is 5.75 Å². The molecular weight excluding hydrogens is 288 g/mol. The molecule has 1 aliphatic heterocycles. The fraction of sp³-hybridized carbons (Fsp3) is 0.474. The molecule has 1 heterocycles. The number of carbonyl (C=O) groups is 1. The molecule has 1 aromatic carbocycles. The van der Waals surface area contributed by atoms with Crippen LogP contribution in [-0.4, -0.2) is 18.9 Å². The number of carbonyl (C=O) groups excluding carboxylic acids is 1. The van der Waals surface area contributed by atoms with Crippen molar-refractivity contribution in [1.29, 1.82) is 0 Å². The second-order valence-electron chi connectivity index (χ2n) is 6.62. The average Bonchev–Trinajstić information content (AvgIpc) is 3.17. The van der Waals surface area contributed by atoms with Crippen LogP contribution in [0.25, 0.3) is 6.08 Å². The zero-order valence-corrected chi connectivity index (χ0v) is 14.1. The van der Waals surface area contributed by atoms with Gasteiger partial charge in [0.1, 0.15) is 17.3 Å². The number of methoxy groups -OCH3 is 1. The minimum absolute atomic E-state index is 0.107. The molecule has 1 aliphatic carbocycles. The highest BCUT2D eigenvalue weighted by Gasteiger charge is 2.28. The van der Waals surface area contributed by atoms with Crippen molar-refractivity contribution in [2.45, 2.75) is 45.4 Å². The predicted molar refractivity (Wildman–Crippen MR) is 92.6 cm³/mol. The summed E-state index contributed by atoms with van der Waals surface area (Å²) in [5, 5.41) is 2.94. The number of amides is 1. The van der Waals surface area contributed by atoms with Gasteiger partial charge < -0.3 is 10.1 Å². The number of hydrogen-bond acceptors (Lipinski definition) is 3. The third-order valence-electron chi connectivity index (χ3n) is 4.67. The van der Waals surface area contributed by atoms with E-state index in [1.807, 2.05) is 12.1 Å². The van der Waals surface area contributed by atoms with Crippen molar-refractivity contribution >= 4 is 17.8 Å². The van der Waals surface area contributed by atoms with Crippen LogP contribution in [0.4, 0.5) is 0 Å². The van der Waals surface area contributed by atoms with Crippen LogP contribution in [0.3, 0.4) is 0 Å². The van der Waals surface area contributed by atoms with Gasteiger partial charge in [-0.25, -0.2) is 4.99 Å². The van der Waals surface area contributed by atoms with Crippen molar-refractivity contribution in [3.8, 4) is 5.75 Å². The molecule has 23 heavy (non-hydrogen) atoms. The lowest BCUT2D eigenvalue weighted by Crippen LogP contribution is -2.29. The van der Waals surface area contributed by atoms with Gasteiger partial charge in [0, 0.05) is 11.5 Å². The molecule has 1 aromatic rings. The number of hydrogen-bond donors (Lipinski definition) is 1. The molecule has 1 amide bonds. The highest BCUT2D eigenvalue weighted by Crippen LogP contribution is 2.30. The molecule has 1 fully saturated rings. The third-order valence-corrected chi connectivity index (χ3v) is 4.67. The van der Waals surface area contributed by atoms with E-state index in [4.69, 9.17) is 4.74 Å². The van der Waals surface area contributed by atoms with Crippen molar-refractivity contribution in [3.63, 3.8) is 0 Å². The van der Waals surface area contributed by atoms with Crippen LogP contribution in [0.1, 0.15) is 56.6 Å². The van der Waals surface area contributed by atoms with E-state index in [-0.39, 0.29) is 5.91 Å². The smallest absolute Gasteiger partial charge is 0.275 e. The monoisotopic (exact) mass is 312 g/mol. The molecule has 122 valence electrons. The highest BCUT2D eigenvalue weighted by molar-refractivity contribution is 6.15. The summed E-state index contributed by atoms with van der Waals surface area (Å²) in [5.74, 6) is 2.34. The lowest BCUT2D eigenvalue weighted by molar-refractivity contribution is -0.115. The minimum Gasteiger partial charge on any atom is -0.496 e. The van der Waals surface area contributed by atoms with E-state index in [1.165, 1.54) is 18.4 Å². The maximum atomic E-state index is 12.2. The fourth-order valence-electron chi connectivity index (χ4n) is 3.25. The van der Waals surface area contributed by atoms with Crippen LogP contribution < -0.4 is 10.1 Å². The fourth-order valence-corrected chi connectivity index (χ4v) is 3.25. The highest BCUT2D eigenvalue weighted by atomic mass is 16.5. The summed E-state index contributed by atoms with van der Waals surface area (Å²) in [6.07, 6.45) is 6.53. The summed E-state index contributed by atoms with van der Waals surface area (Å²) in [7, 11) is 1.65. The van der Waals surface area contributed by atoms with E-state index >= 15 is 0 Å². The molecule has 0 spiro atoms. The van der Waals surface area contributed by atoms with Gasteiger partial charge in [0.2, 0.25) is 0 Å². The first-order valence-electron chi connectivity index (χ1n) is 8.38. The first kappa shape index (κ1) is 15.8. The third kappa shape index (κ3) is 3.31. The molecule has 0 atom stereocenters. The largest absolute Gasteiger partial charge is 0.496 e. The molecular formula is C19H24N2O2. The van der Waals surface area contributed by atoms with Gasteiger partial charge in [-0.3, -0.25) is 4.79 Å². The molecule has 1 N–H and O–H groups in total. The number of ether oxygens (including phenoxy) is 1. The van der Waals surface area contributed by atoms with Crippen molar-refractivity contribution in [2.75, 3.05) is 7.11 Å². The number of rotatable bonds is 4. The second kappa shape index (κ2) is 6.57. The number of nitrogens with one attached hydrogen (secondary N) is 1. The molecule has 0 radical (unpaired) electrons. The van der Waals surface area contributed by atoms with Crippen molar-refractivity contribution in [2.24, 2.45) is 10.9 Å². The average molecular weight is 312 g/mol. The van der Waals surface area contributed by atoms with Crippen LogP contribution in [0.15, 0.2) is 28.9 Å². The zero-order chi connectivity index (χ0) is 16.4. The van der Waals surface area contributed by atoms with Gasteiger partial charge in [-0.2, -0.15) is 0 Å². The molecule has 0 saturated heterocycles. The Morgan fingerprint density at radius 1 is 1.30 bits per heavy atom. The maximum Gasteiger partial charge on any atom is 0.275 e. The minimum atomic E-state index is -0.107. The normalized spacial score (nSPS) is 20.3. The van der Waals surface area contributed by atoms with Gasteiger partial charge in [-0.05, 0) is 42.5 Å². The predicted octanol–water partition coefficient (Wildman–Crippen LogP) is 3.88. The van der Waals surface area contributed by atoms with E-state index in [9.17, 15) is 4.79 Å². The molecule has 3 rings (SSSR count). The summed E-state index contributed by atoms with van der Waals surface area (Å²) in [5.41, 5.74) is 2.60. The summed E-state index contributed by atoms with van der Waals surface area (Å²) < 4.78 is 5.43. The molecule has 0 bridgehead atoms. The van der Waals surface area contributed by atoms with E-state index in [0.717, 1.165) is 30.0 Å². The van der Waals surface area contributed by atoms with Gasteiger partial charge >= 0.3 is 0 Å². The second-order valence-corrected chi connectivity index (χ2v) is 6.62. The topological polar surface area (TPSA) is 50.7 Å². The van der Waals surface area contributed by atoms with Gasteiger partial charge in [-0.15, -0.1) is 0 Å². The summed E-state index contributed by atoms with van der Waals surface area (Å²) >= 11 is 0. The van der Waals surface area contributed by atoms with Crippen molar-refractivity contribution in [3.05, 3.63) is 35.0 Å². The number of amidine groups is 1. The summed E-state index contributed by atoms with van der Waals surface area (Å²) in [4.78, 5) is 16.8. The summed E-state index contributed by atoms with van der Waals surface area (Å²) in [6.45, 7) is 4.30. The Hall–Kier alpha value is -2.10. The molecule has 4 heteroatoms. The Morgan fingerprint density at radius 2 is 2.04 bits per heavy atom. The molecule has 1 saturated carbocycles. The van der Waals surface area contributed by atoms with E-state index < -0.39 is 0 Å². The molecule has 0 aromatic heterocycles. The first-order valence-corrected chi connectivity index (χ1v) is 8.38. The quantitative estimate of drug-likeness (QED) is 0.858. The van der Waals surface area contributed by atoms with Crippen LogP contribution in [0.2, 0.25) is 0 Å². The standard InChI is InChI=1S/C19H24N2O2/c1-12(2)14-8-9-17(23-3)15(10-14)11-16-19(22)21-18(20-16)13-6-4-5-7-13/h8-13H,4-7H2,1-3H3,(H,20,21,22)/b16-11-. The Kier molecular flexibility index (Phi) is 4.51. The van der Waals surface area contributed by atoms with E-state index in [1.54, 1.807) is 7.11 Å². The molecule has 2 aliphatic rings. The Balaban J connectivity index is 1.93. The van der Waals surface area contributed by atoms with E-state index in [2.05, 4.69) is 36.3 Å². The Morgan fingerprint density at radius 3 is 2.70 bits per heavy atom. The Labute approximate surface area is 137 Å². The molecule has 0 unspecified atom stereocenters. The van der Waals surface area contributed by atoms with Gasteiger partial charge in [0.15, 0.2) is 0 Å². The number of nitrogens with zero attached hydrogens (tertiary/aromatic N) is 1. The van der Waals surface area contributed by atoms with Crippen molar-refractivity contribution < 1.29 is 9.53 Å². The van der Waals surface area contributed by atoms with Gasteiger partial charge in [0.25, 0.3) is 5.91 Å². The van der Waals surface area contributed by atoms with Gasteiger partial charge in [0.05, 0.1) is 7.11 Å². The van der Waals surface area contributed by atoms with Crippen LogP contribution in [-0.2, 0) is 4.79 Å².